The van der Waals surface area contributed by atoms with Crippen LogP contribution in [0, 0.1) is 5.92 Å². The molecular formula is C14H16FN3O3S. The van der Waals surface area contributed by atoms with Gasteiger partial charge in [-0.1, -0.05) is 12.1 Å². The molecule has 1 aromatic heterocycles. The minimum absolute atomic E-state index is 0.0963. The average molecular weight is 325 g/mol. The van der Waals surface area contributed by atoms with Crippen molar-refractivity contribution in [1.29, 1.82) is 0 Å². The number of aromatic nitrogens is 2. The number of nitrogens with zero attached hydrogens (tertiary/aromatic N) is 2. The van der Waals surface area contributed by atoms with Crippen LogP contribution < -0.4 is 0 Å². The van der Waals surface area contributed by atoms with Crippen LogP contribution in [0.25, 0.3) is 10.9 Å². The second kappa shape index (κ2) is 5.68. The number of amides is 1. The first-order valence-electron chi connectivity index (χ1n) is 7.03. The molecule has 2 heterocycles. The molecule has 1 saturated heterocycles. The van der Waals surface area contributed by atoms with Gasteiger partial charge in [0.1, 0.15) is 0 Å². The van der Waals surface area contributed by atoms with E-state index in [9.17, 15) is 17.1 Å². The second-order valence-corrected chi connectivity index (χ2v) is 7.02. The quantitative estimate of drug-likeness (QED) is 0.839. The Kier molecular flexibility index (Phi) is 3.86. The molecule has 0 spiro atoms. The minimum Gasteiger partial charge on any atom is -0.342 e. The summed E-state index contributed by atoms with van der Waals surface area (Å²) in [5.41, 5.74) is 2.01. The minimum atomic E-state index is -4.53. The van der Waals surface area contributed by atoms with Crippen LogP contribution >= 0.6 is 0 Å². The summed E-state index contributed by atoms with van der Waals surface area (Å²) in [5.74, 6) is -1.15. The second-order valence-electron chi connectivity index (χ2n) is 5.61. The monoisotopic (exact) mass is 325 g/mol. The van der Waals surface area contributed by atoms with Gasteiger partial charge in [-0.2, -0.15) is 13.5 Å². The highest BCUT2D eigenvalue weighted by Crippen LogP contribution is 2.22. The van der Waals surface area contributed by atoms with Gasteiger partial charge < -0.3 is 4.90 Å². The number of benzene rings is 1. The maximum Gasteiger partial charge on any atom is 0.302 e. The summed E-state index contributed by atoms with van der Waals surface area (Å²) in [6.45, 7) is 0.787. The first kappa shape index (κ1) is 15.0. The molecular weight excluding hydrogens is 309 g/mol. The zero-order valence-corrected chi connectivity index (χ0v) is 12.6. The van der Waals surface area contributed by atoms with Gasteiger partial charge in [-0.3, -0.25) is 9.89 Å². The predicted molar refractivity (Wildman–Crippen MR) is 79.4 cm³/mol. The molecule has 1 aromatic carbocycles. The van der Waals surface area contributed by atoms with Crippen LogP contribution in [0.2, 0.25) is 0 Å². The summed E-state index contributed by atoms with van der Waals surface area (Å²) in [6, 6.07) is 5.82. The Bertz CT molecular complexity index is 803. The Morgan fingerprint density at radius 2 is 2.23 bits per heavy atom. The molecule has 6 nitrogen and oxygen atoms in total. The van der Waals surface area contributed by atoms with Crippen molar-refractivity contribution in [2.24, 2.45) is 5.92 Å². The van der Waals surface area contributed by atoms with Crippen LogP contribution in [0.4, 0.5) is 3.89 Å². The fourth-order valence-electron chi connectivity index (χ4n) is 2.97. The number of likely N-dealkylation sites (tertiary alicyclic amines) is 1. The maximum absolute atomic E-state index is 12.7. The molecule has 2 aromatic rings. The van der Waals surface area contributed by atoms with E-state index >= 15 is 0 Å². The van der Waals surface area contributed by atoms with Crippen molar-refractivity contribution in [3.63, 3.8) is 0 Å². The highest BCUT2D eigenvalue weighted by molar-refractivity contribution is 7.86. The standard InChI is InChI=1S/C14H16FN3O3S/c15-22(20,21)9-10-6-14(19)18(8-10)5-4-11-2-1-3-13-12(11)7-16-17-13/h1-3,7,10H,4-6,8-9H2,(H,16,17). The number of halogens is 1. The molecule has 1 fully saturated rings. The summed E-state index contributed by atoms with van der Waals surface area (Å²) in [6.07, 6.45) is 2.49. The molecule has 3 rings (SSSR count). The van der Waals surface area contributed by atoms with Gasteiger partial charge in [0.15, 0.2) is 0 Å². The zero-order valence-electron chi connectivity index (χ0n) is 11.8. The summed E-state index contributed by atoms with van der Waals surface area (Å²) < 4.78 is 34.1. The van der Waals surface area contributed by atoms with Crippen LogP contribution in [0.3, 0.4) is 0 Å². The predicted octanol–water partition coefficient (Wildman–Crippen LogP) is 1.25. The number of carbonyl (C=O) groups excluding carboxylic acids is 1. The van der Waals surface area contributed by atoms with Crippen molar-refractivity contribution in [2.75, 3.05) is 18.8 Å². The van der Waals surface area contributed by atoms with Gasteiger partial charge in [-0.25, -0.2) is 0 Å². The third-order valence-electron chi connectivity index (χ3n) is 3.96. The number of carbonyl (C=O) groups is 1. The normalized spacial score (nSPS) is 19.2. The highest BCUT2D eigenvalue weighted by atomic mass is 32.3. The largest absolute Gasteiger partial charge is 0.342 e. The van der Waals surface area contributed by atoms with Crippen molar-refractivity contribution < 1.29 is 17.1 Å². The van der Waals surface area contributed by atoms with Crippen LogP contribution in [-0.4, -0.2) is 48.3 Å². The molecule has 1 aliphatic heterocycles. The van der Waals surface area contributed by atoms with Crippen LogP contribution in [0.15, 0.2) is 24.4 Å². The summed E-state index contributed by atoms with van der Waals surface area (Å²) in [5, 5.41) is 7.90. The van der Waals surface area contributed by atoms with E-state index in [1.807, 2.05) is 18.2 Å². The number of hydrogen-bond donors (Lipinski definition) is 1. The van der Waals surface area contributed by atoms with Crippen LogP contribution in [0.1, 0.15) is 12.0 Å². The van der Waals surface area contributed by atoms with E-state index in [0.717, 1.165) is 16.5 Å². The molecule has 0 aliphatic carbocycles. The Balaban J connectivity index is 1.64. The van der Waals surface area contributed by atoms with Crippen molar-refractivity contribution in [1.82, 2.24) is 15.1 Å². The number of rotatable bonds is 5. The molecule has 1 amide bonds. The lowest BCUT2D eigenvalue weighted by molar-refractivity contribution is -0.127. The Hall–Kier alpha value is -1.96. The van der Waals surface area contributed by atoms with E-state index < -0.39 is 21.9 Å². The Morgan fingerprint density at radius 3 is 3.00 bits per heavy atom. The zero-order chi connectivity index (χ0) is 15.7. The molecule has 118 valence electrons. The molecule has 1 aliphatic rings. The van der Waals surface area contributed by atoms with Gasteiger partial charge in [0.05, 0.1) is 17.5 Å². The van der Waals surface area contributed by atoms with E-state index in [4.69, 9.17) is 0 Å². The molecule has 1 unspecified atom stereocenters. The average Bonchev–Trinajstić information content (AvgIpc) is 3.01. The number of fused-ring (bicyclic) bond motifs is 1. The van der Waals surface area contributed by atoms with Crippen LogP contribution in [0.5, 0.6) is 0 Å². The molecule has 1 atom stereocenters. The van der Waals surface area contributed by atoms with E-state index in [-0.39, 0.29) is 12.3 Å². The fourth-order valence-corrected chi connectivity index (χ4v) is 3.75. The van der Waals surface area contributed by atoms with Gasteiger partial charge >= 0.3 is 10.2 Å². The van der Waals surface area contributed by atoms with E-state index in [1.54, 1.807) is 11.1 Å². The molecule has 1 N–H and O–H groups in total. The number of aromatic amines is 1. The Morgan fingerprint density at radius 1 is 1.41 bits per heavy atom. The fraction of sp³-hybridized carbons (Fsp3) is 0.429. The summed E-state index contributed by atoms with van der Waals surface area (Å²) in [4.78, 5) is 13.5. The van der Waals surface area contributed by atoms with E-state index in [2.05, 4.69) is 10.2 Å². The summed E-state index contributed by atoms with van der Waals surface area (Å²) >= 11 is 0. The highest BCUT2D eigenvalue weighted by Gasteiger charge is 2.32. The third-order valence-corrected chi connectivity index (χ3v) is 4.83. The molecule has 0 radical (unpaired) electrons. The molecule has 0 saturated carbocycles. The van der Waals surface area contributed by atoms with Crippen LogP contribution in [-0.2, 0) is 21.4 Å². The first-order valence-corrected chi connectivity index (χ1v) is 8.59. The molecule has 8 heteroatoms. The van der Waals surface area contributed by atoms with Gasteiger partial charge in [-0.05, 0) is 18.1 Å². The van der Waals surface area contributed by atoms with E-state index in [0.29, 0.717) is 19.5 Å². The smallest absolute Gasteiger partial charge is 0.302 e. The molecule has 22 heavy (non-hydrogen) atoms. The number of H-pyrrole nitrogens is 1. The lowest BCUT2D eigenvalue weighted by Crippen LogP contribution is -2.28. The number of hydrogen-bond acceptors (Lipinski definition) is 4. The maximum atomic E-state index is 12.7. The van der Waals surface area contributed by atoms with Gasteiger partial charge in [0.2, 0.25) is 5.91 Å². The van der Waals surface area contributed by atoms with Crippen molar-refractivity contribution in [3.05, 3.63) is 30.0 Å². The Labute approximate surface area is 127 Å². The third kappa shape index (κ3) is 3.27. The van der Waals surface area contributed by atoms with Crippen molar-refractivity contribution in [2.45, 2.75) is 12.8 Å². The lowest BCUT2D eigenvalue weighted by atomic mass is 10.1. The lowest BCUT2D eigenvalue weighted by Gasteiger charge is -2.16. The summed E-state index contributed by atoms with van der Waals surface area (Å²) in [7, 11) is -4.53. The first-order chi connectivity index (χ1) is 10.4. The van der Waals surface area contributed by atoms with Gasteiger partial charge in [0.25, 0.3) is 0 Å². The molecule has 0 bridgehead atoms. The van der Waals surface area contributed by atoms with Crippen molar-refractivity contribution in [3.8, 4) is 0 Å². The number of nitrogens with one attached hydrogen (secondary N) is 1. The van der Waals surface area contributed by atoms with Gasteiger partial charge in [-0.15, -0.1) is 3.89 Å². The topological polar surface area (TPSA) is 83.1 Å². The van der Waals surface area contributed by atoms with Gasteiger partial charge in [0, 0.05) is 30.8 Å². The SMILES string of the molecule is O=C1CC(CS(=O)(=O)F)CN1CCc1cccc2[nH]ncc12. The van der Waals surface area contributed by atoms with E-state index in [1.165, 1.54) is 0 Å². The van der Waals surface area contributed by atoms with Crippen molar-refractivity contribution >= 4 is 27.0 Å².